The number of hydrogen-bond acceptors (Lipinski definition) is 8. The van der Waals surface area contributed by atoms with Crippen molar-refractivity contribution in [1.29, 1.82) is 0 Å². The molecule has 4 rings (SSSR count). The molecule has 2 aromatic heterocycles. The first-order valence-electron chi connectivity index (χ1n) is 9.72. The lowest BCUT2D eigenvalue weighted by molar-refractivity contribution is 0.0600. The van der Waals surface area contributed by atoms with Crippen molar-refractivity contribution < 1.29 is 28.2 Å². The zero-order valence-electron chi connectivity index (χ0n) is 17.7. The number of oxazole rings is 1. The summed E-state index contributed by atoms with van der Waals surface area (Å²) in [6.45, 7) is 0. The number of aromatic nitrogens is 2. The second kappa shape index (κ2) is 8.89. The maximum absolute atomic E-state index is 13.0. The summed E-state index contributed by atoms with van der Waals surface area (Å²) in [6.07, 6.45) is 1.67. The van der Waals surface area contributed by atoms with Gasteiger partial charge < -0.3 is 18.6 Å². The average molecular weight is 432 g/mol. The summed E-state index contributed by atoms with van der Waals surface area (Å²) >= 11 is 0. The van der Waals surface area contributed by atoms with Crippen molar-refractivity contribution in [3.63, 3.8) is 0 Å². The second-order valence-electron chi connectivity index (χ2n) is 6.92. The van der Waals surface area contributed by atoms with Crippen molar-refractivity contribution in [1.82, 2.24) is 9.97 Å². The summed E-state index contributed by atoms with van der Waals surface area (Å²) in [5.74, 6) is 0.605. The van der Waals surface area contributed by atoms with E-state index in [9.17, 15) is 9.59 Å². The molecule has 0 radical (unpaired) electrons. The zero-order valence-corrected chi connectivity index (χ0v) is 17.7. The van der Waals surface area contributed by atoms with Crippen LogP contribution in [0.15, 0.2) is 59.1 Å². The van der Waals surface area contributed by atoms with Crippen LogP contribution in [0.2, 0.25) is 0 Å². The smallest absolute Gasteiger partial charge is 0.337 e. The van der Waals surface area contributed by atoms with E-state index in [0.29, 0.717) is 45.3 Å². The maximum atomic E-state index is 13.0. The summed E-state index contributed by atoms with van der Waals surface area (Å²) in [7, 11) is 4.33. The number of fused-ring (bicyclic) bond motifs is 1. The molecule has 0 aliphatic rings. The topological polar surface area (TPSA) is 101 Å². The molecule has 0 saturated carbocycles. The second-order valence-corrected chi connectivity index (χ2v) is 6.92. The molecule has 8 nitrogen and oxygen atoms in total. The molecule has 162 valence electrons. The molecule has 0 atom stereocenters. The minimum atomic E-state index is -0.527. The first-order chi connectivity index (χ1) is 15.5. The van der Waals surface area contributed by atoms with Gasteiger partial charge in [0.25, 0.3) is 0 Å². The molecule has 8 heteroatoms. The number of Topliss-reactive ketones (excluding diaryl/α,β-unsaturated/α-hetero) is 1. The van der Waals surface area contributed by atoms with E-state index in [2.05, 4.69) is 9.97 Å². The molecule has 2 aromatic carbocycles. The van der Waals surface area contributed by atoms with Crippen molar-refractivity contribution in [2.75, 3.05) is 21.3 Å². The molecule has 0 fully saturated rings. The Labute approximate surface area is 183 Å². The Morgan fingerprint density at radius 2 is 1.75 bits per heavy atom. The third-order valence-electron chi connectivity index (χ3n) is 4.90. The molecule has 0 amide bonds. The van der Waals surface area contributed by atoms with Crippen molar-refractivity contribution in [3.05, 3.63) is 71.4 Å². The van der Waals surface area contributed by atoms with E-state index in [1.165, 1.54) is 21.3 Å². The first-order valence-corrected chi connectivity index (χ1v) is 9.72. The van der Waals surface area contributed by atoms with Gasteiger partial charge in [-0.05, 0) is 54.1 Å². The van der Waals surface area contributed by atoms with E-state index in [1.807, 2.05) is 0 Å². The van der Waals surface area contributed by atoms with Crippen molar-refractivity contribution in [3.8, 4) is 23.0 Å². The lowest BCUT2D eigenvalue weighted by Gasteiger charge is -2.10. The van der Waals surface area contributed by atoms with Gasteiger partial charge in [0.1, 0.15) is 0 Å². The average Bonchev–Trinajstić information content (AvgIpc) is 3.27. The number of benzene rings is 2. The molecule has 0 bridgehead atoms. The van der Waals surface area contributed by atoms with E-state index in [-0.39, 0.29) is 17.8 Å². The van der Waals surface area contributed by atoms with Crippen LogP contribution in [0, 0.1) is 0 Å². The van der Waals surface area contributed by atoms with Crippen LogP contribution in [0.1, 0.15) is 26.3 Å². The van der Waals surface area contributed by atoms with Gasteiger partial charge in [-0.3, -0.25) is 4.79 Å². The van der Waals surface area contributed by atoms with Crippen LogP contribution in [-0.2, 0) is 11.2 Å². The molecule has 0 saturated heterocycles. The lowest BCUT2D eigenvalue weighted by Crippen LogP contribution is -2.07. The number of pyridine rings is 1. The monoisotopic (exact) mass is 432 g/mol. The number of hydrogen-bond donors (Lipinski definition) is 0. The Morgan fingerprint density at radius 3 is 2.47 bits per heavy atom. The summed E-state index contributed by atoms with van der Waals surface area (Å²) < 4.78 is 21.2. The molecular weight excluding hydrogens is 412 g/mol. The highest BCUT2D eigenvalue weighted by atomic mass is 16.5. The number of rotatable bonds is 7. The molecule has 0 aliphatic carbocycles. The van der Waals surface area contributed by atoms with Crippen molar-refractivity contribution >= 4 is 23.0 Å². The SMILES string of the molecule is COC(=O)c1cc(CC(=O)c2ccc(OC)c(OC)c2)cc(-c2nc3ncccc3o2)c1. The fourth-order valence-electron chi connectivity index (χ4n) is 3.34. The fourth-order valence-corrected chi connectivity index (χ4v) is 3.34. The van der Waals surface area contributed by atoms with E-state index < -0.39 is 5.97 Å². The van der Waals surface area contributed by atoms with Crippen LogP contribution < -0.4 is 9.47 Å². The van der Waals surface area contributed by atoms with Crippen LogP contribution in [-0.4, -0.2) is 43.0 Å². The summed E-state index contributed by atoms with van der Waals surface area (Å²) in [4.78, 5) is 33.7. The molecule has 32 heavy (non-hydrogen) atoms. The highest BCUT2D eigenvalue weighted by molar-refractivity contribution is 5.99. The van der Waals surface area contributed by atoms with Gasteiger partial charge >= 0.3 is 5.97 Å². The number of methoxy groups -OCH3 is 3. The third-order valence-corrected chi connectivity index (χ3v) is 4.90. The predicted octanol–water partition coefficient (Wildman–Crippen LogP) is 4.12. The molecule has 0 N–H and O–H groups in total. The quantitative estimate of drug-likeness (QED) is 0.318. The largest absolute Gasteiger partial charge is 0.493 e. The predicted molar refractivity (Wildman–Crippen MR) is 116 cm³/mol. The number of nitrogens with zero attached hydrogens (tertiary/aromatic N) is 2. The molecule has 2 heterocycles. The van der Waals surface area contributed by atoms with E-state index in [1.54, 1.807) is 54.7 Å². The molecule has 0 unspecified atom stereocenters. The summed E-state index contributed by atoms with van der Waals surface area (Å²) in [6, 6.07) is 13.5. The van der Waals surface area contributed by atoms with Crippen LogP contribution in [0.5, 0.6) is 11.5 Å². The third kappa shape index (κ3) is 4.15. The van der Waals surface area contributed by atoms with E-state index >= 15 is 0 Å². The van der Waals surface area contributed by atoms with E-state index in [0.717, 1.165) is 0 Å². The number of ketones is 1. The van der Waals surface area contributed by atoms with Crippen molar-refractivity contribution in [2.45, 2.75) is 6.42 Å². The van der Waals surface area contributed by atoms with Crippen LogP contribution >= 0.6 is 0 Å². The maximum Gasteiger partial charge on any atom is 0.337 e. The minimum absolute atomic E-state index is 0.0474. The molecule has 4 aromatic rings. The zero-order chi connectivity index (χ0) is 22.7. The van der Waals surface area contributed by atoms with Gasteiger partial charge in [0, 0.05) is 23.7 Å². The Morgan fingerprint density at radius 1 is 0.938 bits per heavy atom. The van der Waals surface area contributed by atoms with Gasteiger partial charge in [-0.15, -0.1) is 0 Å². The number of ether oxygens (including phenoxy) is 3. The van der Waals surface area contributed by atoms with Gasteiger partial charge in [0.05, 0.1) is 26.9 Å². The van der Waals surface area contributed by atoms with Gasteiger partial charge in [-0.1, -0.05) is 0 Å². The van der Waals surface area contributed by atoms with Crippen LogP contribution in [0.3, 0.4) is 0 Å². The summed E-state index contributed by atoms with van der Waals surface area (Å²) in [5.41, 5.74) is 2.87. The fraction of sp³-hybridized carbons (Fsp3) is 0.167. The molecular formula is C24H20N2O6. The number of esters is 1. The van der Waals surface area contributed by atoms with Crippen LogP contribution in [0.4, 0.5) is 0 Å². The highest BCUT2D eigenvalue weighted by Gasteiger charge is 2.17. The Hall–Kier alpha value is -4.20. The normalized spacial score (nSPS) is 10.7. The Bertz CT molecular complexity index is 1280. The lowest BCUT2D eigenvalue weighted by atomic mass is 9.98. The highest BCUT2D eigenvalue weighted by Crippen LogP contribution is 2.29. The van der Waals surface area contributed by atoms with Gasteiger partial charge in [0.2, 0.25) is 5.89 Å². The van der Waals surface area contributed by atoms with Gasteiger partial charge in [-0.25, -0.2) is 9.78 Å². The van der Waals surface area contributed by atoms with E-state index in [4.69, 9.17) is 18.6 Å². The number of carbonyl (C=O) groups is 2. The van der Waals surface area contributed by atoms with Crippen molar-refractivity contribution in [2.24, 2.45) is 0 Å². The standard InChI is InChI=1S/C24H20N2O6/c1-29-19-7-6-15(13-21(19)30-2)18(27)11-14-9-16(12-17(10-14)24(28)31-3)23-26-22-20(32-23)5-4-8-25-22/h4-10,12-13H,11H2,1-3H3. The first kappa shape index (κ1) is 21.0. The summed E-state index contributed by atoms with van der Waals surface area (Å²) in [5, 5.41) is 0. The van der Waals surface area contributed by atoms with Gasteiger partial charge in [-0.2, -0.15) is 4.98 Å². The Kier molecular flexibility index (Phi) is 5.85. The van der Waals surface area contributed by atoms with Gasteiger partial charge in [0.15, 0.2) is 28.5 Å². The molecule has 0 aliphatic heterocycles. The Balaban J connectivity index is 1.71. The molecule has 0 spiro atoms. The minimum Gasteiger partial charge on any atom is -0.493 e. The van der Waals surface area contributed by atoms with Crippen LogP contribution in [0.25, 0.3) is 22.7 Å². The number of carbonyl (C=O) groups excluding carboxylic acids is 2.